The third kappa shape index (κ3) is 5.08. The van der Waals surface area contributed by atoms with Crippen LogP contribution >= 0.6 is 0 Å². The average Bonchev–Trinajstić information content (AvgIpc) is 2.49. The molecule has 0 saturated heterocycles. The smallest absolute Gasteiger partial charge is 0.215 e. The Hall–Kier alpha value is -1.85. The van der Waals surface area contributed by atoms with Crippen LogP contribution in [-0.4, -0.2) is 22.1 Å². The Kier molecular flexibility index (Phi) is 5.80. The van der Waals surface area contributed by atoms with Crippen LogP contribution in [0.25, 0.3) is 0 Å². The molecular formula is C18H23NO3S. The average molecular weight is 333 g/mol. The summed E-state index contributed by atoms with van der Waals surface area (Å²) in [6, 6.07) is 13.4. The lowest BCUT2D eigenvalue weighted by Gasteiger charge is -2.11. The molecule has 0 spiro atoms. The summed E-state index contributed by atoms with van der Waals surface area (Å²) >= 11 is 0. The Morgan fingerprint density at radius 1 is 1.04 bits per heavy atom. The Bertz CT molecular complexity index is 770. The van der Waals surface area contributed by atoms with Crippen LogP contribution in [0.5, 0.6) is 5.75 Å². The van der Waals surface area contributed by atoms with E-state index in [9.17, 15) is 8.42 Å². The number of rotatable bonds is 7. The molecule has 0 saturated carbocycles. The van der Waals surface area contributed by atoms with Gasteiger partial charge in [-0.3, -0.25) is 0 Å². The minimum Gasteiger partial charge on any atom is -0.496 e. The van der Waals surface area contributed by atoms with Crippen LogP contribution in [0.1, 0.15) is 22.3 Å². The first-order valence-corrected chi connectivity index (χ1v) is 9.22. The van der Waals surface area contributed by atoms with E-state index in [-0.39, 0.29) is 5.75 Å². The predicted octanol–water partition coefficient (Wildman–Crippen LogP) is 2.97. The number of ether oxygens (including phenoxy) is 1. The fourth-order valence-electron chi connectivity index (χ4n) is 2.47. The van der Waals surface area contributed by atoms with Crippen molar-refractivity contribution in [2.75, 3.05) is 13.7 Å². The molecule has 0 aliphatic carbocycles. The number of benzene rings is 2. The summed E-state index contributed by atoms with van der Waals surface area (Å²) in [7, 11) is -1.73. The van der Waals surface area contributed by atoms with Crippen LogP contribution in [-0.2, 0) is 22.2 Å². The van der Waals surface area contributed by atoms with Gasteiger partial charge in [-0.05, 0) is 43.0 Å². The molecule has 0 radical (unpaired) electrons. The van der Waals surface area contributed by atoms with Crippen molar-refractivity contribution >= 4 is 10.0 Å². The van der Waals surface area contributed by atoms with E-state index in [0.717, 1.165) is 28.0 Å². The lowest BCUT2D eigenvalue weighted by Crippen LogP contribution is -2.27. The lowest BCUT2D eigenvalue weighted by molar-refractivity contribution is 0.409. The summed E-state index contributed by atoms with van der Waals surface area (Å²) in [5.74, 6) is 0.790. The van der Waals surface area contributed by atoms with Crippen LogP contribution in [0.4, 0.5) is 0 Å². The van der Waals surface area contributed by atoms with Gasteiger partial charge in [0.25, 0.3) is 0 Å². The highest BCUT2D eigenvalue weighted by Crippen LogP contribution is 2.20. The van der Waals surface area contributed by atoms with Crippen molar-refractivity contribution in [3.63, 3.8) is 0 Å². The molecule has 23 heavy (non-hydrogen) atoms. The van der Waals surface area contributed by atoms with Gasteiger partial charge in [0.1, 0.15) is 5.75 Å². The number of aryl methyl sites for hydroxylation is 2. The maximum Gasteiger partial charge on any atom is 0.215 e. The van der Waals surface area contributed by atoms with Gasteiger partial charge < -0.3 is 4.74 Å². The third-order valence-corrected chi connectivity index (χ3v) is 5.09. The zero-order valence-electron chi connectivity index (χ0n) is 13.8. The SMILES string of the molecule is COc1ccc(C)cc1CCNS(=O)(=O)Cc1ccccc1C. The first kappa shape index (κ1) is 17.5. The summed E-state index contributed by atoms with van der Waals surface area (Å²) in [4.78, 5) is 0. The van der Waals surface area contributed by atoms with Crippen molar-refractivity contribution in [2.24, 2.45) is 0 Å². The Morgan fingerprint density at radius 3 is 2.48 bits per heavy atom. The maximum absolute atomic E-state index is 12.2. The highest BCUT2D eigenvalue weighted by molar-refractivity contribution is 7.88. The standard InChI is InChI=1S/C18H23NO3S/c1-14-8-9-18(22-3)16(12-14)10-11-19-23(20,21)13-17-7-5-4-6-15(17)2/h4-9,12,19H,10-11,13H2,1-3H3. The van der Waals surface area contributed by atoms with E-state index < -0.39 is 10.0 Å². The van der Waals surface area contributed by atoms with E-state index in [4.69, 9.17) is 4.74 Å². The molecule has 0 heterocycles. The lowest BCUT2D eigenvalue weighted by atomic mass is 10.1. The largest absolute Gasteiger partial charge is 0.496 e. The second-order valence-electron chi connectivity index (χ2n) is 5.65. The van der Waals surface area contributed by atoms with E-state index in [1.54, 1.807) is 7.11 Å². The van der Waals surface area contributed by atoms with E-state index in [2.05, 4.69) is 4.72 Å². The second kappa shape index (κ2) is 7.62. The van der Waals surface area contributed by atoms with Crippen molar-refractivity contribution < 1.29 is 13.2 Å². The molecule has 0 aliphatic heterocycles. The van der Waals surface area contributed by atoms with Gasteiger partial charge in [-0.25, -0.2) is 13.1 Å². The molecule has 2 aromatic carbocycles. The second-order valence-corrected chi connectivity index (χ2v) is 7.45. The molecule has 0 bridgehead atoms. The Morgan fingerprint density at radius 2 is 1.78 bits per heavy atom. The molecule has 0 aromatic heterocycles. The zero-order valence-corrected chi connectivity index (χ0v) is 14.6. The summed E-state index contributed by atoms with van der Waals surface area (Å²) in [6.07, 6.45) is 0.595. The minimum absolute atomic E-state index is 0.00459. The van der Waals surface area contributed by atoms with Crippen LogP contribution in [0.2, 0.25) is 0 Å². The van der Waals surface area contributed by atoms with Gasteiger partial charge in [-0.2, -0.15) is 0 Å². The summed E-state index contributed by atoms with van der Waals surface area (Å²) < 4.78 is 32.4. The number of sulfonamides is 1. The van der Waals surface area contributed by atoms with Gasteiger partial charge >= 0.3 is 0 Å². The topological polar surface area (TPSA) is 55.4 Å². The van der Waals surface area contributed by atoms with E-state index in [1.165, 1.54) is 0 Å². The molecule has 0 fully saturated rings. The van der Waals surface area contributed by atoms with E-state index >= 15 is 0 Å². The molecule has 2 rings (SSSR count). The van der Waals surface area contributed by atoms with Crippen molar-refractivity contribution in [3.05, 3.63) is 64.7 Å². The van der Waals surface area contributed by atoms with Crippen molar-refractivity contribution in [1.29, 1.82) is 0 Å². The van der Waals surface area contributed by atoms with Gasteiger partial charge in [0, 0.05) is 6.54 Å². The Balaban J connectivity index is 1.98. The van der Waals surface area contributed by atoms with Gasteiger partial charge in [0.05, 0.1) is 12.9 Å². The van der Waals surface area contributed by atoms with Crippen LogP contribution < -0.4 is 9.46 Å². The normalized spacial score (nSPS) is 11.4. The molecule has 1 N–H and O–H groups in total. The molecule has 0 amide bonds. The molecule has 5 heteroatoms. The van der Waals surface area contributed by atoms with Crippen LogP contribution in [0.15, 0.2) is 42.5 Å². The molecule has 0 atom stereocenters. The fourth-order valence-corrected chi connectivity index (χ4v) is 3.72. The van der Waals surface area contributed by atoms with Crippen LogP contribution in [0.3, 0.4) is 0 Å². The van der Waals surface area contributed by atoms with Gasteiger partial charge in [-0.1, -0.05) is 42.0 Å². The summed E-state index contributed by atoms with van der Waals surface area (Å²) in [5, 5.41) is 0. The number of hydrogen-bond acceptors (Lipinski definition) is 3. The predicted molar refractivity (Wildman–Crippen MR) is 93.2 cm³/mol. The first-order chi connectivity index (χ1) is 10.9. The van der Waals surface area contributed by atoms with Gasteiger partial charge in [0.2, 0.25) is 10.0 Å². The molecule has 0 aliphatic rings. The van der Waals surface area contributed by atoms with Crippen molar-refractivity contribution in [1.82, 2.24) is 4.72 Å². The monoisotopic (exact) mass is 333 g/mol. The highest BCUT2D eigenvalue weighted by Gasteiger charge is 2.13. The highest BCUT2D eigenvalue weighted by atomic mass is 32.2. The van der Waals surface area contributed by atoms with E-state index in [1.807, 2.05) is 56.3 Å². The maximum atomic E-state index is 12.2. The first-order valence-electron chi connectivity index (χ1n) is 7.56. The molecule has 0 unspecified atom stereocenters. The molecule has 124 valence electrons. The molecular weight excluding hydrogens is 310 g/mol. The zero-order chi connectivity index (χ0) is 16.9. The summed E-state index contributed by atoms with van der Waals surface area (Å²) in [6.45, 7) is 4.28. The summed E-state index contributed by atoms with van der Waals surface area (Å²) in [5.41, 5.74) is 3.95. The van der Waals surface area contributed by atoms with E-state index in [0.29, 0.717) is 13.0 Å². The van der Waals surface area contributed by atoms with Crippen molar-refractivity contribution in [2.45, 2.75) is 26.0 Å². The number of methoxy groups -OCH3 is 1. The molecule has 2 aromatic rings. The molecule has 4 nitrogen and oxygen atoms in total. The number of nitrogens with one attached hydrogen (secondary N) is 1. The quantitative estimate of drug-likeness (QED) is 0.847. The third-order valence-electron chi connectivity index (χ3n) is 3.76. The fraction of sp³-hybridized carbons (Fsp3) is 0.333. The van der Waals surface area contributed by atoms with Crippen molar-refractivity contribution in [3.8, 4) is 5.75 Å². The minimum atomic E-state index is -3.35. The van der Waals surface area contributed by atoms with Gasteiger partial charge in [-0.15, -0.1) is 0 Å². The number of hydrogen-bond donors (Lipinski definition) is 1. The van der Waals surface area contributed by atoms with Crippen LogP contribution in [0, 0.1) is 13.8 Å². The van der Waals surface area contributed by atoms with Gasteiger partial charge in [0.15, 0.2) is 0 Å². The Labute approximate surface area is 138 Å².